The van der Waals surface area contributed by atoms with Gasteiger partial charge in [0.15, 0.2) is 0 Å². The highest BCUT2D eigenvalue weighted by molar-refractivity contribution is 5.76. The Bertz CT molecular complexity index is 188. The molecule has 2 unspecified atom stereocenters. The number of amides is 1. The molecule has 0 aromatic heterocycles. The molecular formula is C12H24N2O. The molecule has 0 aromatic carbocycles. The Morgan fingerprint density at radius 2 is 2.40 bits per heavy atom. The van der Waals surface area contributed by atoms with E-state index in [1.54, 1.807) is 0 Å². The van der Waals surface area contributed by atoms with E-state index >= 15 is 0 Å². The van der Waals surface area contributed by atoms with Crippen LogP contribution in [-0.4, -0.2) is 25.0 Å². The normalized spacial score (nSPS) is 23.5. The Kier molecular flexibility index (Phi) is 5.69. The van der Waals surface area contributed by atoms with Gasteiger partial charge in [-0.15, -0.1) is 0 Å². The minimum atomic E-state index is 0.218. The number of hydrogen-bond acceptors (Lipinski definition) is 2. The molecule has 1 heterocycles. The fraction of sp³-hybridized carbons (Fsp3) is 0.917. The molecule has 1 aliphatic rings. The molecule has 1 saturated heterocycles. The fourth-order valence-electron chi connectivity index (χ4n) is 2.09. The van der Waals surface area contributed by atoms with E-state index in [4.69, 9.17) is 0 Å². The predicted octanol–water partition coefficient (Wildman–Crippen LogP) is 1.68. The van der Waals surface area contributed by atoms with Gasteiger partial charge >= 0.3 is 0 Å². The van der Waals surface area contributed by atoms with Gasteiger partial charge in [0, 0.05) is 12.5 Å². The molecule has 3 nitrogen and oxygen atoms in total. The molecule has 1 amide bonds. The Morgan fingerprint density at radius 1 is 1.60 bits per heavy atom. The lowest BCUT2D eigenvalue weighted by Crippen LogP contribution is -2.44. The summed E-state index contributed by atoms with van der Waals surface area (Å²) in [4.78, 5) is 11.5. The van der Waals surface area contributed by atoms with E-state index in [2.05, 4.69) is 24.5 Å². The van der Waals surface area contributed by atoms with Crippen LogP contribution in [0.2, 0.25) is 0 Å². The van der Waals surface area contributed by atoms with Gasteiger partial charge in [0.05, 0.1) is 0 Å². The lowest BCUT2D eigenvalue weighted by Gasteiger charge is -2.28. The minimum Gasteiger partial charge on any atom is -0.353 e. The summed E-state index contributed by atoms with van der Waals surface area (Å²) in [6.07, 6.45) is 5.25. The quantitative estimate of drug-likeness (QED) is 0.728. The van der Waals surface area contributed by atoms with Crippen LogP contribution in [0, 0.1) is 5.92 Å². The summed E-state index contributed by atoms with van der Waals surface area (Å²) >= 11 is 0. The smallest absolute Gasteiger partial charge is 0.220 e. The molecule has 0 bridgehead atoms. The van der Waals surface area contributed by atoms with Gasteiger partial charge in [0.1, 0.15) is 0 Å². The maximum atomic E-state index is 11.5. The van der Waals surface area contributed by atoms with Crippen molar-refractivity contribution in [3.63, 3.8) is 0 Å². The zero-order valence-electron chi connectivity index (χ0n) is 10.0. The van der Waals surface area contributed by atoms with Crippen LogP contribution in [0.3, 0.4) is 0 Å². The zero-order chi connectivity index (χ0) is 11.1. The first-order valence-corrected chi connectivity index (χ1v) is 6.24. The Balaban J connectivity index is 2.21. The number of piperidine rings is 1. The average Bonchev–Trinajstić information content (AvgIpc) is 2.27. The van der Waals surface area contributed by atoms with Crippen LogP contribution < -0.4 is 10.6 Å². The van der Waals surface area contributed by atoms with Crippen molar-refractivity contribution < 1.29 is 4.79 Å². The van der Waals surface area contributed by atoms with Crippen molar-refractivity contribution >= 4 is 5.91 Å². The SMILES string of the molecule is CCCCC(=O)NC(C)C1CCCNC1. The Morgan fingerprint density at radius 3 is 3.00 bits per heavy atom. The van der Waals surface area contributed by atoms with E-state index in [-0.39, 0.29) is 5.91 Å². The first-order chi connectivity index (χ1) is 7.24. The number of rotatable bonds is 5. The monoisotopic (exact) mass is 212 g/mol. The van der Waals surface area contributed by atoms with E-state index in [0.29, 0.717) is 18.4 Å². The molecular weight excluding hydrogens is 188 g/mol. The van der Waals surface area contributed by atoms with E-state index in [1.165, 1.54) is 12.8 Å². The first kappa shape index (κ1) is 12.5. The standard InChI is InChI=1S/C12H24N2O/c1-3-4-7-12(15)14-10(2)11-6-5-8-13-9-11/h10-11,13H,3-9H2,1-2H3,(H,14,15). The highest BCUT2D eigenvalue weighted by Crippen LogP contribution is 2.14. The number of carbonyl (C=O) groups is 1. The van der Waals surface area contributed by atoms with Crippen LogP contribution in [0.4, 0.5) is 0 Å². The van der Waals surface area contributed by atoms with Crippen LogP contribution in [-0.2, 0) is 4.79 Å². The van der Waals surface area contributed by atoms with Crippen molar-refractivity contribution in [2.24, 2.45) is 5.92 Å². The number of nitrogens with one attached hydrogen (secondary N) is 2. The topological polar surface area (TPSA) is 41.1 Å². The predicted molar refractivity (Wildman–Crippen MR) is 62.7 cm³/mol. The van der Waals surface area contributed by atoms with Gasteiger partial charge in [0.25, 0.3) is 0 Å². The van der Waals surface area contributed by atoms with Crippen molar-refractivity contribution in [3.05, 3.63) is 0 Å². The Labute approximate surface area is 93.0 Å². The molecule has 2 atom stereocenters. The van der Waals surface area contributed by atoms with E-state index in [0.717, 1.165) is 25.9 Å². The molecule has 1 aliphatic heterocycles. The second-order valence-corrected chi connectivity index (χ2v) is 4.57. The lowest BCUT2D eigenvalue weighted by molar-refractivity contribution is -0.122. The van der Waals surface area contributed by atoms with Gasteiger partial charge in [-0.05, 0) is 45.2 Å². The lowest BCUT2D eigenvalue weighted by atomic mass is 9.93. The van der Waals surface area contributed by atoms with Crippen molar-refractivity contribution in [3.8, 4) is 0 Å². The van der Waals surface area contributed by atoms with E-state index < -0.39 is 0 Å². The molecule has 1 fully saturated rings. The number of hydrogen-bond donors (Lipinski definition) is 2. The molecule has 0 saturated carbocycles. The molecule has 15 heavy (non-hydrogen) atoms. The van der Waals surface area contributed by atoms with Gasteiger partial charge in [-0.1, -0.05) is 13.3 Å². The molecule has 1 rings (SSSR count). The molecule has 0 spiro atoms. The summed E-state index contributed by atoms with van der Waals surface area (Å²) in [5.41, 5.74) is 0. The summed E-state index contributed by atoms with van der Waals surface area (Å²) in [5.74, 6) is 0.833. The first-order valence-electron chi connectivity index (χ1n) is 6.24. The molecule has 0 aliphatic carbocycles. The second-order valence-electron chi connectivity index (χ2n) is 4.57. The van der Waals surface area contributed by atoms with Crippen LogP contribution in [0.15, 0.2) is 0 Å². The van der Waals surface area contributed by atoms with Crippen molar-refractivity contribution in [1.82, 2.24) is 10.6 Å². The van der Waals surface area contributed by atoms with Crippen LogP contribution in [0.5, 0.6) is 0 Å². The molecule has 0 radical (unpaired) electrons. The van der Waals surface area contributed by atoms with E-state index in [9.17, 15) is 4.79 Å². The van der Waals surface area contributed by atoms with Crippen molar-refractivity contribution in [2.45, 2.75) is 52.0 Å². The third-order valence-electron chi connectivity index (χ3n) is 3.19. The molecule has 2 N–H and O–H groups in total. The largest absolute Gasteiger partial charge is 0.353 e. The number of carbonyl (C=O) groups excluding carboxylic acids is 1. The second kappa shape index (κ2) is 6.83. The van der Waals surface area contributed by atoms with Gasteiger partial charge in [0.2, 0.25) is 5.91 Å². The van der Waals surface area contributed by atoms with Crippen molar-refractivity contribution in [2.75, 3.05) is 13.1 Å². The summed E-state index contributed by atoms with van der Waals surface area (Å²) in [7, 11) is 0. The minimum absolute atomic E-state index is 0.218. The summed E-state index contributed by atoms with van der Waals surface area (Å²) < 4.78 is 0. The highest BCUT2D eigenvalue weighted by atomic mass is 16.1. The van der Waals surface area contributed by atoms with Gasteiger partial charge < -0.3 is 10.6 Å². The third kappa shape index (κ3) is 4.65. The molecule has 0 aromatic rings. The molecule has 88 valence electrons. The summed E-state index contributed by atoms with van der Waals surface area (Å²) in [6, 6.07) is 0.321. The maximum absolute atomic E-state index is 11.5. The Hall–Kier alpha value is -0.570. The summed E-state index contributed by atoms with van der Waals surface area (Å²) in [5, 5.41) is 6.49. The van der Waals surface area contributed by atoms with Gasteiger partial charge in [-0.25, -0.2) is 0 Å². The molecule has 3 heteroatoms. The highest BCUT2D eigenvalue weighted by Gasteiger charge is 2.20. The zero-order valence-corrected chi connectivity index (χ0v) is 10.0. The fourth-order valence-corrected chi connectivity index (χ4v) is 2.09. The maximum Gasteiger partial charge on any atom is 0.220 e. The van der Waals surface area contributed by atoms with Gasteiger partial charge in [-0.3, -0.25) is 4.79 Å². The number of unbranched alkanes of at least 4 members (excludes halogenated alkanes) is 1. The van der Waals surface area contributed by atoms with Crippen LogP contribution in [0.1, 0.15) is 46.0 Å². The van der Waals surface area contributed by atoms with Gasteiger partial charge in [-0.2, -0.15) is 0 Å². The third-order valence-corrected chi connectivity index (χ3v) is 3.19. The summed E-state index contributed by atoms with van der Waals surface area (Å²) in [6.45, 7) is 6.42. The van der Waals surface area contributed by atoms with E-state index in [1.807, 2.05) is 0 Å². The van der Waals surface area contributed by atoms with Crippen LogP contribution >= 0.6 is 0 Å². The van der Waals surface area contributed by atoms with Crippen LogP contribution in [0.25, 0.3) is 0 Å². The average molecular weight is 212 g/mol. The van der Waals surface area contributed by atoms with Crippen molar-refractivity contribution in [1.29, 1.82) is 0 Å².